The molecule has 0 atom stereocenters. The van der Waals surface area contributed by atoms with Gasteiger partial charge in [0.1, 0.15) is 10.6 Å². The van der Waals surface area contributed by atoms with E-state index in [0.717, 1.165) is 16.9 Å². The van der Waals surface area contributed by atoms with E-state index in [9.17, 15) is 9.59 Å². The summed E-state index contributed by atoms with van der Waals surface area (Å²) in [6.07, 6.45) is 1.45. The predicted octanol–water partition coefficient (Wildman–Crippen LogP) is 4.41. The number of benzene rings is 2. The number of nitrogens with zero attached hydrogens (tertiary/aromatic N) is 2. The van der Waals surface area contributed by atoms with Crippen molar-refractivity contribution in [2.45, 2.75) is 13.5 Å². The van der Waals surface area contributed by atoms with Crippen molar-refractivity contribution >= 4 is 27.3 Å². The predicted molar refractivity (Wildman–Crippen MR) is 111 cm³/mol. The second kappa shape index (κ2) is 7.78. The van der Waals surface area contributed by atoms with E-state index in [1.54, 1.807) is 24.3 Å². The molecule has 4 aromatic rings. The van der Waals surface area contributed by atoms with Gasteiger partial charge < -0.3 is 4.74 Å². The topological polar surface area (TPSA) is 61.2 Å². The second-order valence-electron chi connectivity index (χ2n) is 6.25. The van der Waals surface area contributed by atoms with Gasteiger partial charge in [-0.2, -0.15) is 0 Å². The lowest BCUT2D eigenvalue weighted by Gasteiger charge is -2.07. The van der Waals surface area contributed by atoms with Crippen LogP contribution in [-0.4, -0.2) is 21.9 Å². The lowest BCUT2D eigenvalue weighted by atomic mass is 10.1. The van der Waals surface area contributed by atoms with E-state index in [2.05, 4.69) is 4.98 Å². The van der Waals surface area contributed by atoms with Crippen LogP contribution in [0.5, 0.6) is 5.75 Å². The van der Waals surface area contributed by atoms with Gasteiger partial charge in [0.25, 0.3) is 5.56 Å². The van der Waals surface area contributed by atoms with Crippen LogP contribution in [0.25, 0.3) is 21.3 Å². The number of thiophene rings is 1. The average molecular weight is 390 g/mol. The van der Waals surface area contributed by atoms with Crippen LogP contribution in [0.15, 0.2) is 71.1 Å². The number of Topliss-reactive ketones (excluding diaryl/α,β-unsaturated/α-hetero) is 1. The fourth-order valence-corrected chi connectivity index (χ4v) is 3.97. The Labute approximate surface area is 165 Å². The molecule has 28 heavy (non-hydrogen) atoms. The van der Waals surface area contributed by atoms with E-state index in [0.29, 0.717) is 22.4 Å². The molecule has 6 heteroatoms. The van der Waals surface area contributed by atoms with Crippen molar-refractivity contribution in [2.24, 2.45) is 0 Å². The first-order chi connectivity index (χ1) is 13.7. The molecule has 0 aliphatic heterocycles. The van der Waals surface area contributed by atoms with E-state index in [1.165, 1.54) is 22.2 Å². The third-order valence-electron chi connectivity index (χ3n) is 4.45. The van der Waals surface area contributed by atoms with Gasteiger partial charge in [0.15, 0.2) is 5.78 Å². The molecule has 5 nitrogen and oxygen atoms in total. The van der Waals surface area contributed by atoms with Crippen LogP contribution in [-0.2, 0) is 6.54 Å². The number of fused-ring (bicyclic) bond motifs is 1. The minimum atomic E-state index is -0.209. The summed E-state index contributed by atoms with van der Waals surface area (Å²) in [5, 5.41) is 2.47. The minimum absolute atomic E-state index is 0.0374. The van der Waals surface area contributed by atoms with E-state index >= 15 is 0 Å². The molecule has 0 radical (unpaired) electrons. The molecule has 0 saturated carbocycles. The first kappa shape index (κ1) is 18.1. The molecule has 2 aromatic carbocycles. The van der Waals surface area contributed by atoms with Crippen LogP contribution < -0.4 is 10.3 Å². The Morgan fingerprint density at radius 2 is 1.86 bits per heavy atom. The van der Waals surface area contributed by atoms with Gasteiger partial charge in [-0.15, -0.1) is 11.3 Å². The molecule has 0 unspecified atom stereocenters. The summed E-state index contributed by atoms with van der Waals surface area (Å²) >= 11 is 1.42. The minimum Gasteiger partial charge on any atom is -0.494 e. The molecule has 4 rings (SSSR count). The van der Waals surface area contributed by atoms with Crippen molar-refractivity contribution in [3.05, 3.63) is 82.2 Å². The van der Waals surface area contributed by atoms with Gasteiger partial charge in [0.2, 0.25) is 0 Å². The number of ether oxygens (including phenoxy) is 1. The maximum absolute atomic E-state index is 13.1. The maximum Gasteiger partial charge on any atom is 0.263 e. The smallest absolute Gasteiger partial charge is 0.263 e. The zero-order valence-corrected chi connectivity index (χ0v) is 16.1. The van der Waals surface area contributed by atoms with Crippen molar-refractivity contribution in [1.29, 1.82) is 0 Å². The van der Waals surface area contributed by atoms with Crippen molar-refractivity contribution < 1.29 is 9.53 Å². The lowest BCUT2D eigenvalue weighted by Crippen LogP contribution is -2.24. The number of aromatic nitrogens is 2. The Morgan fingerprint density at radius 3 is 2.57 bits per heavy atom. The molecule has 140 valence electrons. The maximum atomic E-state index is 13.1. The molecule has 0 aliphatic rings. The van der Waals surface area contributed by atoms with Crippen LogP contribution >= 0.6 is 11.3 Å². The van der Waals surface area contributed by atoms with Crippen molar-refractivity contribution in [3.63, 3.8) is 0 Å². The highest BCUT2D eigenvalue weighted by atomic mass is 32.1. The molecule has 0 N–H and O–H groups in total. The number of hydrogen-bond donors (Lipinski definition) is 0. The van der Waals surface area contributed by atoms with Crippen molar-refractivity contribution in [1.82, 2.24) is 9.55 Å². The van der Waals surface area contributed by atoms with Crippen LogP contribution in [0.4, 0.5) is 0 Å². The molecular weight excluding hydrogens is 372 g/mol. The van der Waals surface area contributed by atoms with Crippen LogP contribution in [0.1, 0.15) is 17.3 Å². The summed E-state index contributed by atoms with van der Waals surface area (Å²) in [7, 11) is 0. The zero-order valence-electron chi connectivity index (χ0n) is 15.3. The molecule has 2 aromatic heterocycles. The standard InChI is InChI=1S/C22H18N2O3S/c1-2-27-17-10-8-15(9-11-17)18-13-28-21-20(18)22(26)24(14-23-21)12-19(25)16-6-4-3-5-7-16/h3-11,13-14H,2,12H2,1H3. The third kappa shape index (κ3) is 3.46. The van der Waals surface area contributed by atoms with Gasteiger partial charge >= 0.3 is 0 Å². The van der Waals surface area contributed by atoms with Gasteiger partial charge in [-0.3, -0.25) is 14.2 Å². The molecule has 0 amide bonds. The molecule has 0 aliphatic carbocycles. The zero-order chi connectivity index (χ0) is 19.5. The molecule has 0 saturated heterocycles. The summed E-state index contributed by atoms with van der Waals surface area (Å²) in [6.45, 7) is 2.50. The highest BCUT2D eigenvalue weighted by Crippen LogP contribution is 2.31. The summed E-state index contributed by atoms with van der Waals surface area (Å²) in [6, 6.07) is 16.6. The van der Waals surface area contributed by atoms with Gasteiger partial charge in [-0.05, 0) is 24.6 Å². The quantitative estimate of drug-likeness (QED) is 0.458. The molecule has 2 heterocycles. The SMILES string of the molecule is CCOc1ccc(-c2csc3ncn(CC(=O)c4ccccc4)c(=O)c23)cc1. The largest absolute Gasteiger partial charge is 0.494 e. The number of rotatable bonds is 6. The first-order valence-electron chi connectivity index (χ1n) is 8.95. The first-order valence-corrected chi connectivity index (χ1v) is 9.83. The number of ketones is 1. The molecule has 0 bridgehead atoms. The molecule has 0 fully saturated rings. The lowest BCUT2D eigenvalue weighted by molar-refractivity contribution is 0.0970. The Morgan fingerprint density at radius 1 is 1.11 bits per heavy atom. The van der Waals surface area contributed by atoms with E-state index in [-0.39, 0.29) is 17.9 Å². The summed E-state index contributed by atoms with van der Waals surface area (Å²) in [5.41, 5.74) is 2.11. The second-order valence-corrected chi connectivity index (χ2v) is 7.11. The number of carbonyl (C=O) groups is 1. The van der Waals surface area contributed by atoms with Gasteiger partial charge in [0.05, 0.1) is 24.9 Å². The number of carbonyl (C=O) groups excluding carboxylic acids is 1. The summed E-state index contributed by atoms with van der Waals surface area (Å²) in [5.74, 6) is 0.663. The Kier molecular flexibility index (Phi) is 5.04. The van der Waals surface area contributed by atoms with Crippen LogP contribution in [0.3, 0.4) is 0 Å². The van der Waals surface area contributed by atoms with E-state index in [4.69, 9.17) is 4.74 Å². The monoisotopic (exact) mass is 390 g/mol. The normalized spacial score (nSPS) is 10.9. The fraction of sp³-hybridized carbons (Fsp3) is 0.136. The van der Waals surface area contributed by atoms with Crippen molar-refractivity contribution in [3.8, 4) is 16.9 Å². The Bertz CT molecular complexity index is 1180. The highest BCUT2D eigenvalue weighted by molar-refractivity contribution is 7.17. The van der Waals surface area contributed by atoms with Gasteiger partial charge in [0, 0.05) is 16.5 Å². The average Bonchev–Trinajstić information content (AvgIpc) is 3.16. The summed E-state index contributed by atoms with van der Waals surface area (Å²) < 4.78 is 6.86. The molecular formula is C22H18N2O3S. The Hall–Kier alpha value is -3.25. The summed E-state index contributed by atoms with van der Waals surface area (Å²) in [4.78, 5) is 30.6. The highest BCUT2D eigenvalue weighted by Gasteiger charge is 2.15. The fourth-order valence-electron chi connectivity index (χ4n) is 3.06. The van der Waals surface area contributed by atoms with Gasteiger partial charge in [-0.1, -0.05) is 42.5 Å². The van der Waals surface area contributed by atoms with Gasteiger partial charge in [-0.25, -0.2) is 4.98 Å². The molecule has 0 spiro atoms. The van der Waals surface area contributed by atoms with Crippen LogP contribution in [0.2, 0.25) is 0 Å². The van der Waals surface area contributed by atoms with Crippen molar-refractivity contribution in [2.75, 3.05) is 6.61 Å². The third-order valence-corrected chi connectivity index (χ3v) is 5.33. The van der Waals surface area contributed by atoms with Crippen LogP contribution in [0, 0.1) is 0 Å². The van der Waals surface area contributed by atoms with E-state index in [1.807, 2.05) is 42.6 Å². The Balaban J connectivity index is 1.71. The van der Waals surface area contributed by atoms with E-state index < -0.39 is 0 Å². The number of hydrogen-bond acceptors (Lipinski definition) is 5.